The highest BCUT2D eigenvalue weighted by molar-refractivity contribution is 7.15. The number of primary amides is 1. The number of benzene rings is 3. The Kier molecular flexibility index (Phi) is 4.71. The van der Waals surface area contributed by atoms with Crippen LogP contribution >= 0.6 is 11.3 Å². The lowest BCUT2D eigenvalue weighted by molar-refractivity contribution is 0.0996. The second kappa shape index (κ2) is 7.31. The third-order valence-electron chi connectivity index (χ3n) is 4.50. The summed E-state index contributed by atoms with van der Waals surface area (Å²) in [6, 6.07) is 23.9. The summed E-state index contributed by atoms with van der Waals surface area (Å²) in [6.07, 6.45) is 0.644. The van der Waals surface area contributed by atoms with Crippen LogP contribution in [0.3, 0.4) is 0 Å². The van der Waals surface area contributed by atoms with Crippen LogP contribution in [-0.4, -0.2) is 10.9 Å². The van der Waals surface area contributed by atoms with Gasteiger partial charge in [0, 0.05) is 0 Å². The summed E-state index contributed by atoms with van der Waals surface area (Å²) in [5.41, 5.74) is 14.3. The Morgan fingerprint density at radius 3 is 2.41 bits per heavy atom. The number of fused-ring (bicyclic) bond motifs is 1. The molecule has 27 heavy (non-hydrogen) atoms. The Morgan fingerprint density at radius 1 is 0.963 bits per heavy atom. The zero-order valence-electron chi connectivity index (χ0n) is 14.6. The maximum absolute atomic E-state index is 11.9. The first-order chi connectivity index (χ1) is 13.1. The third kappa shape index (κ3) is 3.60. The van der Waals surface area contributed by atoms with E-state index >= 15 is 0 Å². The van der Waals surface area contributed by atoms with Gasteiger partial charge < -0.3 is 11.5 Å². The van der Waals surface area contributed by atoms with Crippen LogP contribution in [0.25, 0.3) is 21.2 Å². The maximum Gasteiger partial charge on any atom is 0.268 e. The predicted molar refractivity (Wildman–Crippen MR) is 111 cm³/mol. The van der Waals surface area contributed by atoms with Crippen molar-refractivity contribution in [2.75, 3.05) is 0 Å². The Labute approximate surface area is 161 Å². The number of hydrogen-bond acceptors (Lipinski definition) is 4. The summed E-state index contributed by atoms with van der Waals surface area (Å²) < 4.78 is 0. The summed E-state index contributed by atoms with van der Waals surface area (Å²) in [6.45, 7) is 0. The van der Waals surface area contributed by atoms with Crippen molar-refractivity contribution in [2.24, 2.45) is 11.5 Å². The minimum atomic E-state index is -0.533. The van der Waals surface area contributed by atoms with E-state index < -0.39 is 5.91 Å². The van der Waals surface area contributed by atoms with Gasteiger partial charge in [-0.1, -0.05) is 72.8 Å². The molecule has 0 bridgehead atoms. The molecule has 0 aliphatic carbocycles. The Morgan fingerprint density at radius 2 is 1.67 bits per heavy atom. The van der Waals surface area contributed by atoms with Gasteiger partial charge in [0.15, 0.2) is 0 Å². The normalized spacial score (nSPS) is 12.2. The molecule has 1 amide bonds. The Balaban J connectivity index is 1.65. The summed E-state index contributed by atoms with van der Waals surface area (Å²) >= 11 is 1.43. The van der Waals surface area contributed by atoms with Crippen molar-refractivity contribution in [1.29, 1.82) is 0 Å². The molecule has 0 saturated carbocycles. The first-order valence-electron chi connectivity index (χ1n) is 8.71. The molecule has 1 heterocycles. The second-order valence-electron chi connectivity index (χ2n) is 6.45. The molecule has 4 N–H and O–H groups in total. The highest BCUT2D eigenvalue weighted by atomic mass is 32.1. The molecule has 5 heteroatoms. The first kappa shape index (κ1) is 17.4. The Bertz CT molecular complexity index is 1100. The van der Waals surface area contributed by atoms with Gasteiger partial charge in [0.25, 0.3) is 5.91 Å². The van der Waals surface area contributed by atoms with Gasteiger partial charge in [-0.2, -0.15) is 0 Å². The molecule has 0 unspecified atom stereocenters. The standard InChI is InChI=1S/C22H19N3OS/c23-18(13-14-10-11-15-6-4-5-9-17(15)12-14)22-25-19(21(24)26)20(27-22)16-7-2-1-3-8-16/h1-12,18H,13,23H2,(H2,24,26)/t18-/m1/s1. The average Bonchev–Trinajstić information content (AvgIpc) is 3.15. The molecule has 0 saturated heterocycles. The van der Waals surface area contributed by atoms with E-state index in [1.807, 2.05) is 42.5 Å². The molecule has 4 aromatic rings. The van der Waals surface area contributed by atoms with E-state index in [0.717, 1.165) is 21.0 Å². The van der Waals surface area contributed by atoms with Crippen LogP contribution in [0, 0.1) is 0 Å². The summed E-state index contributed by atoms with van der Waals surface area (Å²) in [5.74, 6) is -0.533. The van der Waals surface area contributed by atoms with E-state index in [-0.39, 0.29) is 11.7 Å². The van der Waals surface area contributed by atoms with Crippen molar-refractivity contribution >= 4 is 28.0 Å². The molecule has 3 aromatic carbocycles. The smallest absolute Gasteiger partial charge is 0.268 e. The molecular weight excluding hydrogens is 354 g/mol. The number of aromatic nitrogens is 1. The van der Waals surface area contributed by atoms with Gasteiger partial charge in [-0.25, -0.2) is 4.98 Å². The van der Waals surface area contributed by atoms with Crippen molar-refractivity contribution in [1.82, 2.24) is 4.98 Å². The van der Waals surface area contributed by atoms with Gasteiger partial charge >= 0.3 is 0 Å². The molecule has 0 aliphatic rings. The van der Waals surface area contributed by atoms with Crippen LogP contribution in [0.2, 0.25) is 0 Å². The number of rotatable bonds is 5. The second-order valence-corrected chi connectivity index (χ2v) is 7.48. The SMILES string of the molecule is NC(=O)c1nc([C@H](N)Cc2ccc3ccccc3c2)sc1-c1ccccc1. The topological polar surface area (TPSA) is 82.0 Å². The molecular formula is C22H19N3OS. The fourth-order valence-electron chi connectivity index (χ4n) is 3.15. The number of nitrogens with zero attached hydrogens (tertiary/aromatic N) is 1. The average molecular weight is 373 g/mol. The van der Waals surface area contributed by atoms with E-state index in [2.05, 4.69) is 35.3 Å². The lowest BCUT2D eigenvalue weighted by Gasteiger charge is -2.09. The van der Waals surface area contributed by atoms with Crippen molar-refractivity contribution in [3.8, 4) is 10.4 Å². The zero-order valence-corrected chi connectivity index (χ0v) is 15.4. The van der Waals surface area contributed by atoms with Crippen LogP contribution in [0.15, 0.2) is 72.8 Å². The van der Waals surface area contributed by atoms with E-state index in [0.29, 0.717) is 6.42 Å². The number of thiazole rings is 1. The molecule has 0 fully saturated rings. The van der Waals surface area contributed by atoms with Crippen molar-refractivity contribution < 1.29 is 4.79 Å². The van der Waals surface area contributed by atoms with E-state index in [9.17, 15) is 4.79 Å². The van der Waals surface area contributed by atoms with E-state index in [1.54, 1.807) is 0 Å². The van der Waals surface area contributed by atoms with Gasteiger partial charge in [-0.15, -0.1) is 11.3 Å². The van der Waals surface area contributed by atoms with E-state index in [1.165, 1.54) is 22.1 Å². The van der Waals surface area contributed by atoms with Gasteiger partial charge in [-0.3, -0.25) is 4.79 Å². The van der Waals surface area contributed by atoms with Gasteiger partial charge in [-0.05, 0) is 28.3 Å². The number of carbonyl (C=O) groups excluding carboxylic acids is 1. The largest absolute Gasteiger partial charge is 0.364 e. The summed E-state index contributed by atoms with van der Waals surface area (Å²) in [5, 5.41) is 3.10. The molecule has 0 aliphatic heterocycles. The minimum absolute atomic E-state index is 0.287. The predicted octanol–water partition coefficient (Wildman–Crippen LogP) is 4.30. The fourth-order valence-corrected chi connectivity index (χ4v) is 4.23. The van der Waals surface area contributed by atoms with Crippen LogP contribution in [0.4, 0.5) is 0 Å². The van der Waals surface area contributed by atoms with E-state index in [4.69, 9.17) is 11.5 Å². The van der Waals surface area contributed by atoms with Crippen molar-refractivity contribution in [2.45, 2.75) is 12.5 Å². The number of amides is 1. The van der Waals surface area contributed by atoms with Crippen LogP contribution < -0.4 is 11.5 Å². The summed E-state index contributed by atoms with van der Waals surface area (Å²) in [4.78, 5) is 17.1. The maximum atomic E-state index is 11.9. The quantitative estimate of drug-likeness (QED) is 0.547. The molecule has 1 atom stereocenters. The van der Waals surface area contributed by atoms with Crippen molar-refractivity contribution in [3.05, 3.63) is 89.1 Å². The fraction of sp³-hybridized carbons (Fsp3) is 0.0909. The van der Waals surface area contributed by atoms with Crippen LogP contribution in [0.5, 0.6) is 0 Å². The molecule has 1 aromatic heterocycles. The minimum Gasteiger partial charge on any atom is -0.364 e. The first-order valence-corrected chi connectivity index (χ1v) is 9.52. The molecule has 134 valence electrons. The molecule has 4 rings (SSSR count). The third-order valence-corrected chi connectivity index (χ3v) is 5.74. The highest BCUT2D eigenvalue weighted by Gasteiger charge is 2.21. The molecule has 4 nitrogen and oxygen atoms in total. The lowest BCUT2D eigenvalue weighted by Crippen LogP contribution is -2.15. The molecule has 0 spiro atoms. The van der Waals surface area contributed by atoms with Crippen LogP contribution in [0.1, 0.15) is 27.1 Å². The van der Waals surface area contributed by atoms with Crippen LogP contribution in [-0.2, 0) is 6.42 Å². The monoisotopic (exact) mass is 373 g/mol. The summed E-state index contributed by atoms with van der Waals surface area (Å²) in [7, 11) is 0. The number of carbonyl (C=O) groups is 1. The number of hydrogen-bond donors (Lipinski definition) is 2. The highest BCUT2D eigenvalue weighted by Crippen LogP contribution is 2.33. The van der Waals surface area contributed by atoms with Crippen molar-refractivity contribution in [3.63, 3.8) is 0 Å². The van der Waals surface area contributed by atoms with Gasteiger partial charge in [0.05, 0.1) is 10.9 Å². The Hall–Kier alpha value is -3.02. The number of nitrogens with two attached hydrogens (primary N) is 2. The van der Waals surface area contributed by atoms with Gasteiger partial charge in [0.2, 0.25) is 0 Å². The zero-order chi connectivity index (χ0) is 18.8. The molecule has 0 radical (unpaired) electrons. The lowest BCUT2D eigenvalue weighted by atomic mass is 10.0. The van der Waals surface area contributed by atoms with Gasteiger partial charge in [0.1, 0.15) is 10.7 Å².